The molecule has 0 saturated heterocycles. The first-order valence-corrected chi connectivity index (χ1v) is 4.97. The molecule has 0 bridgehead atoms. The van der Waals surface area contributed by atoms with Gasteiger partial charge in [-0.15, -0.1) is 0 Å². The van der Waals surface area contributed by atoms with Gasteiger partial charge in [-0.25, -0.2) is 4.79 Å². The van der Waals surface area contributed by atoms with Crippen molar-refractivity contribution in [2.24, 2.45) is 14.1 Å². The monoisotopic (exact) mass is 233 g/mol. The third kappa shape index (κ3) is 1.63. The van der Waals surface area contributed by atoms with Crippen LogP contribution < -0.4 is 20.9 Å². The van der Waals surface area contributed by atoms with Gasteiger partial charge in [0.05, 0.1) is 0 Å². The van der Waals surface area contributed by atoms with Crippen LogP contribution in [0.15, 0.2) is 40.2 Å². The van der Waals surface area contributed by atoms with Gasteiger partial charge in [-0.3, -0.25) is 9.36 Å². The summed E-state index contributed by atoms with van der Waals surface area (Å²) < 4.78 is 3.23. The van der Waals surface area contributed by atoms with Crippen LogP contribution in [0.1, 0.15) is 0 Å². The van der Waals surface area contributed by atoms with Crippen LogP contribution in [0.5, 0.6) is 5.88 Å². The van der Waals surface area contributed by atoms with Crippen LogP contribution in [-0.4, -0.2) is 9.13 Å². The maximum Gasteiger partial charge on any atom is 0.330 e. The van der Waals surface area contributed by atoms with E-state index in [-0.39, 0.29) is 5.69 Å². The fourth-order valence-electron chi connectivity index (χ4n) is 1.58. The molecule has 0 spiro atoms. The summed E-state index contributed by atoms with van der Waals surface area (Å²) in [7, 11) is 2.69. The van der Waals surface area contributed by atoms with Gasteiger partial charge in [-0.05, 0) is 0 Å². The quantitative estimate of drug-likeness (QED) is 0.559. The van der Waals surface area contributed by atoms with Gasteiger partial charge in [0.25, 0.3) is 5.69 Å². The van der Waals surface area contributed by atoms with Crippen LogP contribution in [0, 0.1) is 0 Å². The highest BCUT2D eigenvalue weighted by molar-refractivity contribution is 5.29. The number of hydrogen-bond acceptors (Lipinski definition) is 3. The molecule has 6 nitrogen and oxygen atoms in total. The van der Waals surface area contributed by atoms with E-state index in [1.54, 1.807) is 30.6 Å². The van der Waals surface area contributed by atoms with Crippen LogP contribution >= 0.6 is 0 Å². The second kappa shape index (κ2) is 3.89. The van der Waals surface area contributed by atoms with Gasteiger partial charge >= 0.3 is 11.2 Å². The molecule has 0 aliphatic heterocycles. The Bertz CT molecular complexity index is 671. The molecule has 0 atom stereocenters. The van der Waals surface area contributed by atoms with Gasteiger partial charge in [0.2, 0.25) is 0 Å². The fraction of sp³-hybridized carbons (Fsp3) is 0.182. The molecule has 2 aromatic rings. The summed E-state index contributed by atoms with van der Waals surface area (Å²) in [6, 6.07) is 5.17. The van der Waals surface area contributed by atoms with Gasteiger partial charge in [0.1, 0.15) is 0 Å². The maximum absolute atomic E-state index is 11.9. The third-order valence-electron chi connectivity index (χ3n) is 2.56. The molecule has 0 aromatic carbocycles. The molecular formula is C11H11N3O3. The molecule has 2 heterocycles. The predicted octanol–water partition coefficient (Wildman–Crippen LogP) is -1.57. The van der Waals surface area contributed by atoms with Crippen molar-refractivity contribution in [1.29, 1.82) is 0 Å². The largest absolute Gasteiger partial charge is 0.855 e. The SMILES string of the molecule is Cn1c([O-])c(-[n+]2ccccc2)c(=O)n(C)c1=O. The molecule has 0 fully saturated rings. The highest BCUT2D eigenvalue weighted by Gasteiger charge is 2.17. The zero-order chi connectivity index (χ0) is 12.6. The molecule has 2 aromatic heterocycles. The zero-order valence-electron chi connectivity index (χ0n) is 9.45. The first-order valence-electron chi connectivity index (χ1n) is 4.97. The highest BCUT2D eigenvalue weighted by Crippen LogP contribution is 2.03. The Morgan fingerprint density at radius 1 is 1.06 bits per heavy atom. The predicted molar refractivity (Wildman–Crippen MR) is 57.9 cm³/mol. The minimum atomic E-state index is -0.625. The van der Waals surface area contributed by atoms with Crippen molar-refractivity contribution in [3.8, 4) is 11.6 Å². The average Bonchev–Trinajstić information content (AvgIpc) is 2.36. The van der Waals surface area contributed by atoms with Crippen molar-refractivity contribution in [2.75, 3.05) is 0 Å². The van der Waals surface area contributed by atoms with Crippen molar-refractivity contribution in [2.45, 2.75) is 0 Å². The lowest BCUT2D eigenvalue weighted by molar-refractivity contribution is -0.601. The molecule has 0 aliphatic carbocycles. The lowest BCUT2D eigenvalue weighted by Crippen LogP contribution is -2.47. The highest BCUT2D eigenvalue weighted by atomic mass is 16.3. The van der Waals surface area contributed by atoms with E-state index in [0.29, 0.717) is 0 Å². The van der Waals surface area contributed by atoms with Crippen LogP contribution in [0.2, 0.25) is 0 Å². The normalized spacial score (nSPS) is 10.5. The van der Waals surface area contributed by atoms with Gasteiger partial charge in [0.15, 0.2) is 12.4 Å². The maximum atomic E-state index is 11.9. The van der Waals surface area contributed by atoms with E-state index in [2.05, 4.69) is 0 Å². The fourth-order valence-corrected chi connectivity index (χ4v) is 1.58. The van der Waals surface area contributed by atoms with E-state index in [0.717, 1.165) is 9.13 Å². The molecule has 6 heteroatoms. The minimum Gasteiger partial charge on any atom is -0.855 e. The van der Waals surface area contributed by atoms with Gasteiger partial charge in [0, 0.05) is 32.1 Å². The number of nitrogens with zero attached hydrogens (tertiary/aromatic N) is 3. The molecule has 0 aliphatic rings. The number of aromatic nitrogens is 3. The van der Waals surface area contributed by atoms with Crippen LogP contribution in [-0.2, 0) is 14.1 Å². The lowest BCUT2D eigenvalue weighted by atomic mass is 10.4. The van der Waals surface area contributed by atoms with Crippen molar-refractivity contribution < 1.29 is 9.67 Å². The minimum absolute atomic E-state index is 0.0600. The van der Waals surface area contributed by atoms with Crippen LogP contribution in [0.25, 0.3) is 5.69 Å². The lowest BCUT2D eigenvalue weighted by Gasteiger charge is -2.13. The first-order chi connectivity index (χ1) is 8.04. The van der Waals surface area contributed by atoms with E-state index in [9.17, 15) is 14.7 Å². The summed E-state index contributed by atoms with van der Waals surface area (Å²) in [5.41, 5.74) is -1.29. The molecular weight excluding hydrogens is 222 g/mol. The smallest absolute Gasteiger partial charge is 0.330 e. The Morgan fingerprint density at radius 2 is 1.65 bits per heavy atom. The van der Waals surface area contributed by atoms with Gasteiger partial charge in [-0.1, -0.05) is 6.07 Å². The number of rotatable bonds is 1. The summed E-state index contributed by atoms with van der Waals surface area (Å²) in [6.45, 7) is 0. The van der Waals surface area contributed by atoms with Crippen molar-refractivity contribution in [3.63, 3.8) is 0 Å². The summed E-state index contributed by atoms with van der Waals surface area (Å²) >= 11 is 0. The van der Waals surface area contributed by atoms with Crippen molar-refractivity contribution in [3.05, 3.63) is 51.4 Å². The van der Waals surface area contributed by atoms with E-state index in [1.807, 2.05) is 0 Å². The Kier molecular flexibility index (Phi) is 2.55. The Hall–Kier alpha value is -2.37. The summed E-state index contributed by atoms with van der Waals surface area (Å²) in [4.78, 5) is 23.4. The Labute approximate surface area is 96.6 Å². The van der Waals surface area contributed by atoms with E-state index < -0.39 is 17.1 Å². The summed E-state index contributed by atoms with van der Waals surface area (Å²) in [5, 5.41) is 11.9. The number of hydrogen-bond donors (Lipinski definition) is 0. The van der Waals surface area contributed by atoms with Gasteiger partial charge in [-0.2, -0.15) is 4.57 Å². The molecule has 0 radical (unpaired) electrons. The molecule has 0 amide bonds. The Morgan fingerprint density at radius 3 is 2.24 bits per heavy atom. The Balaban J connectivity index is 2.90. The first kappa shape index (κ1) is 11.1. The topological polar surface area (TPSA) is 70.9 Å². The standard InChI is InChI=1S/C11H11N3O3/c1-12-9(15)8(10(16)13(2)11(12)17)14-6-4-3-5-7-14/h3-7H,1-2H3. The van der Waals surface area contributed by atoms with Crippen molar-refractivity contribution >= 4 is 0 Å². The molecule has 2 rings (SSSR count). The van der Waals surface area contributed by atoms with Crippen LogP contribution in [0.4, 0.5) is 0 Å². The molecule has 0 unspecified atom stereocenters. The number of pyridine rings is 1. The molecule has 0 saturated carbocycles. The summed E-state index contributed by atoms with van der Waals surface area (Å²) in [6.07, 6.45) is 3.17. The van der Waals surface area contributed by atoms with E-state index >= 15 is 0 Å². The second-order valence-corrected chi connectivity index (χ2v) is 3.64. The summed E-state index contributed by atoms with van der Waals surface area (Å²) in [5.74, 6) is -0.602. The second-order valence-electron chi connectivity index (χ2n) is 3.64. The van der Waals surface area contributed by atoms with Crippen LogP contribution in [0.3, 0.4) is 0 Å². The zero-order valence-corrected chi connectivity index (χ0v) is 9.45. The van der Waals surface area contributed by atoms with E-state index in [1.165, 1.54) is 18.7 Å². The average molecular weight is 233 g/mol. The van der Waals surface area contributed by atoms with E-state index in [4.69, 9.17) is 0 Å². The van der Waals surface area contributed by atoms with Gasteiger partial charge < -0.3 is 9.67 Å². The third-order valence-corrected chi connectivity index (χ3v) is 2.56. The molecule has 0 N–H and O–H groups in total. The molecule has 17 heavy (non-hydrogen) atoms. The van der Waals surface area contributed by atoms with Crippen molar-refractivity contribution in [1.82, 2.24) is 9.13 Å². The molecule has 88 valence electrons.